The maximum absolute atomic E-state index is 12.0. The molecule has 5 heteroatoms. The highest BCUT2D eigenvalue weighted by Crippen LogP contribution is 2.16. The van der Waals surface area contributed by atoms with Gasteiger partial charge in [-0.3, -0.25) is 4.79 Å². The molecule has 1 aromatic carbocycles. The van der Waals surface area contributed by atoms with Gasteiger partial charge in [0.25, 0.3) is 0 Å². The van der Waals surface area contributed by atoms with Crippen molar-refractivity contribution >= 4 is 17.1 Å². The van der Waals surface area contributed by atoms with Crippen LogP contribution in [0.2, 0.25) is 0 Å². The highest BCUT2D eigenvalue weighted by atomic mass is 79.9. The number of aliphatic hydroxyl groups excluding tert-OH is 1. The van der Waals surface area contributed by atoms with Crippen molar-refractivity contribution in [3.8, 4) is 0 Å². The van der Waals surface area contributed by atoms with Crippen molar-refractivity contribution in [2.24, 2.45) is 0 Å². The van der Waals surface area contributed by atoms with Gasteiger partial charge < -0.3 is 22.1 Å². The van der Waals surface area contributed by atoms with Crippen molar-refractivity contribution < 1.29 is 31.9 Å². The molecule has 3 nitrogen and oxygen atoms in total. The van der Waals surface area contributed by atoms with Gasteiger partial charge in [0.2, 0.25) is 5.01 Å². The molecule has 19 heavy (non-hydrogen) atoms. The Morgan fingerprint density at radius 1 is 1.32 bits per heavy atom. The van der Waals surface area contributed by atoms with Crippen LogP contribution >= 0.6 is 11.3 Å². The van der Waals surface area contributed by atoms with Crippen LogP contribution in [0.1, 0.15) is 25.9 Å². The predicted octanol–water partition coefficient (Wildman–Crippen LogP) is -1.17. The number of rotatable bonds is 5. The average molecular weight is 342 g/mol. The number of carbonyl (C=O) groups is 1. The second kappa shape index (κ2) is 7.53. The summed E-state index contributed by atoms with van der Waals surface area (Å²) in [5, 5.41) is 9.89. The second-order valence-corrected chi connectivity index (χ2v) is 5.33. The zero-order valence-electron chi connectivity index (χ0n) is 10.6. The third-order valence-corrected chi connectivity index (χ3v) is 4.00. The van der Waals surface area contributed by atoms with E-state index in [1.54, 1.807) is 11.3 Å². The fraction of sp³-hybridized carbons (Fsp3) is 0.286. The standard InChI is InChI=1S/C14H15NO2S.BrH/c1-10-13(7-8-16)18-14(15-10)9-12(17)11-5-3-2-4-6-11;/h2-6,16H,7-9H2,1H3;1H. The van der Waals surface area contributed by atoms with Crippen molar-refractivity contribution in [3.63, 3.8) is 0 Å². The van der Waals surface area contributed by atoms with Gasteiger partial charge in [-0.2, -0.15) is 0 Å². The Bertz CT molecular complexity index is 540. The number of nitrogens with one attached hydrogen (secondary N) is 1. The van der Waals surface area contributed by atoms with Crippen LogP contribution in [0.3, 0.4) is 0 Å². The van der Waals surface area contributed by atoms with E-state index in [-0.39, 0.29) is 29.4 Å². The summed E-state index contributed by atoms with van der Waals surface area (Å²) in [7, 11) is 0. The molecule has 0 aliphatic heterocycles. The SMILES string of the molecule is Cc1[nH+]c(CC(=O)c2ccccc2)sc1CCO.[Br-]. The van der Waals surface area contributed by atoms with Gasteiger partial charge in [0.1, 0.15) is 6.42 Å². The topological polar surface area (TPSA) is 51.4 Å². The van der Waals surface area contributed by atoms with Gasteiger partial charge in [-0.25, -0.2) is 4.98 Å². The summed E-state index contributed by atoms with van der Waals surface area (Å²) in [5.74, 6) is 0.114. The van der Waals surface area contributed by atoms with E-state index in [9.17, 15) is 4.79 Å². The molecule has 0 aliphatic rings. The molecule has 0 saturated heterocycles. The highest BCUT2D eigenvalue weighted by Gasteiger charge is 2.17. The van der Waals surface area contributed by atoms with Crippen LogP contribution in [0.5, 0.6) is 0 Å². The minimum atomic E-state index is 0. The zero-order chi connectivity index (χ0) is 13.0. The Morgan fingerprint density at radius 3 is 2.63 bits per heavy atom. The normalized spacial score (nSPS) is 10.0. The third kappa shape index (κ3) is 4.23. The summed E-state index contributed by atoms with van der Waals surface area (Å²) in [4.78, 5) is 16.4. The van der Waals surface area contributed by atoms with E-state index in [1.807, 2.05) is 37.3 Å². The van der Waals surface area contributed by atoms with Gasteiger partial charge in [0.05, 0.1) is 4.88 Å². The van der Waals surface area contributed by atoms with Crippen LogP contribution in [0.25, 0.3) is 0 Å². The van der Waals surface area contributed by atoms with E-state index in [4.69, 9.17) is 5.11 Å². The van der Waals surface area contributed by atoms with E-state index in [0.717, 1.165) is 21.1 Å². The smallest absolute Gasteiger partial charge is 0.243 e. The number of Topliss-reactive ketones (excluding diaryl/α,β-unsaturated/α-hetero) is 1. The quantitative estimate of drug-likeness (QED) is 0.697. The number of thiazole rings is 1. The molecular formula is C14H16BrNO2S. The van der Waals surface area contributed by atoms with Crippen LogP contribution in [0, 0.1) is 6.92 Å². The number of aryl methyl sites for hydroxylation is 1. The number of aromatic nitrogens is 1. The van der Waals surface area contributed by atoms with E-state index >= 15 is 0 Å². The zero-order valence-corrected chi connectivity index (χ0v) is 13.1. The summed E-state index contributed by atoms with van der Waals surface area (Å²) in [6.07, 6.45) is 1.04. The molecule has 0 spiro atoms. The maximum Gasteiger partial charge on any atom is 0.243 e. The number of ketones is 1. The van der Waals surface area contributed by atoms with Crippen LogP contribution in [-0.4, -0.2) is 17.5 Å². The lowest BCUT2D eigenvalue weighted by Crippen LogP contribution is -3.00. The summed E-state index contributed by atoms with van der Waals surface area (Å²) in [6.45, 7) is 2.11. The molecule has 2 aromatic rings. The summed E-state index contributed by atoms with van der Waals surface area (Å²) < 4.78 is 0. The van der Waals surface area contributed by atoms with Crippen molar-refractivity contribution in [2.75, 3.05) is 6.61 Å². The Labute approximate surface area is 127 Å². The van der Waals surface area contributed by atoms with Gasteiger partial charge in [-0.1, -0.05) is 41.7 Å². The molecule has 0 aliphatic carbocycles. The molecule has 0 radical (unpaired) electrons. The fourth-order valence-corrected chi connectivity index (χ4v) is 2.92. The number of carbonyl (C=O) groups excluding carboxylic acids is 1. The van der Waals surface area contributed by atoms with E-state index in [0.29, 0.717) is 12.8 Å². The molecule has 1 aromatic heterocycles. The molecule has 0 amide bonds. The Balaban J connectivity index is 0.00000180. The monoisotopic (exact) mass is 341 g/mol. The van der Waals surface area contributed by atoms with Gasteiger partial charge in [-0.05, 0) is 0 Å². The van der Waals surface area contributed by atoms with Crippen LogP contribution in [-0.2, 0) is 12.8 Å². The highest BCUT2D eigenvalue weighted by molar-refractivity contribution is 7.11. The number of hydrogen-bond acceptors (Lipinski definition) is 3. The maximum atomic E-state index is 12.0. The van der Waals surface area contributed by atoms with Gasteiger partial charge in [0.15, 0.2) is 11.5 Å². The first kappa shape index (κ1) is 16.0. The van der Waals surface area contributed by atoms with E-state index < -0.39 is 0 Å². The largest absolute Gasteiger partial charge is 1.00 e. The molecule has 0 unspecified atom stereocenters. The number of H-pyrrole nitrogens is 1. The molecule has 102 valence electrons. The first-order valence-electron chi connectivity index (χ1n) is 5.90. The first-order chi connectivity index (χ1) is 8.70. The van der Waals surface area contributed by atoms with Crippen molar-refractivity contribution in [1.29, 1.82) is 0 Å². The van der Waals surface area contributed by atoms with Crippen LogP contribution in [0.15, 0.2) is 30.3 Å². The number of aliphatic hydroxyl groups is 1. The van der Waals surface area contributed by atoms with Gasteiger partial charge in [0, 0.05) is 25.5 Å². The number of halogens is 1. The molecule has 0 fully saturated rings. The molecule has 2 rings (SSSR count). The number of hydrogen-bond donors (Lipinski definition) is 1. The van der Waals surface area contributed by atoms with E-state index in [2.05, 4.69) is 4.98 Å². The van der Waals surface area contributed by atoms with Gasteiger partial charge >= 0.3 is 0 Å². The van der Waals surface area contributed by atoms with Crippen molar-refractivity contribution in [1.82, 2.24) is 0 Å². The molecule has 2 N–H and O–H groups in total. The summed E-state index contributed by atoms with van der Waals surface area (Å²) >= 11 is 1.57. The minimum Gasteiger partial charge on any atom is -1.00 e. The average Bonchev–Trinajstić information content (AvgIpc) is 2.71. The van der Waals surface area contributed by atoms with Crippen LogP contribution in [0.4, 0.5) is 0 Å². The van der Waals surface area contributed by atoms with Crippen molar-refractivity contribution in [2.45, 2.75) is 19.8 Å². The Morgan fingerprint density at radius 2 is 2.00 bits per heavy atom. The fourth-order valence-electron chi connectivity index (χ4n) is 1.82. The Kier molecular flexibility index (Phi) is 6.34. The van der Waals surface area contributed by atoms with Crippen LogP contribution < -0.4 is 22.0 Å². The number of aromatic amines is 1. The molecular weight excluding hydrogens is 326 g/mol. The first-order valence-corrected chi connectivity index (χ1v) is 6.72. The lowest BCUT2D eigenvalue weighted by Gasteiger charge is -1.95. The molecule has 0 saturated carbocycles. The Hall–Kier alpha value is -1.04. The van der Waals surface area contributed by atoms with Gasteiger partial charge in [-0.15, -0.1) is 0 Å². The predicted molar refractivity (Wildman–Crippen MR) is 70.9 cm³/mol. The summed E-state index contributed by atoms with van der Waals surface area (Å²) in [6, 6.07) is 9.30. The molecule has 1 heterocycles. The molecule has 0 atom stereocenters. The van der Waals surface area contributed by atoms with Crippen molar-refractivity contribution in [3.05, 3.63) is 51.5 Å². The third-order valence-electron chi connectivity index (χ3n) is 2.75. The summed E-state index contributed by atoms with van der Waals surface area (Å²) in [5.41, 5.74) is 1.78. The second-order valence-electron chi connectivity index (χ2n) is 4.14. The van der Waals surface area contributed by atoms with E-state index in [1.165, 1.54) is 0 Å². The molecule has 0 bridgehead atoms. The number of benzene rings is 1. The lowest BCUT2D eigenvalue weighted by molar-refractivity contribution is -0.390. The minimum absolute atomic E-state index is 0. The lowest BCUT2D eigenvalue weighted by atomic mass is 10.1.